The Bertz CT molecular complexity index is 1200. The Morgan fingerprint density at radius 1 is 0.970 bits per heavy atom. The van der Waals surface area contributed by atoms with Gasteiger partial charge in [-0.25, -0.2) is 0 Å². The number of fused-ring (bicyclic) bond motifs is 1. The zero-order chi connectivity index (χ0) is 23.9. The molecule has 1 aliphatic heterocycles. The number of aliphatic hydroxyl groups is 4. The minimum absolute atomic E-state index is 0.0477. The SMILES string of the molecule is COc1ccc(O)c2c(=O)c(OC3OC(CO)C(O)C(O)C3O)c(-c3ccc(O)cc3)oc12. The number of benzene rings is 2. The van der Waals surface area contributed by atoms with E-state index in [0.717, 1.165) is 0 Å². The molecule has 0 spiro atoms. The van der Waals surface area contributed by atoms with Crippen LogP contribution in [0.15, 0.2) is 45.6 Å². The molecule has 5 unspecified atom stereocenters. The fourth-order valence-electron chi connectivity index (χ4n) is 3.59. The Hall–Kier alpha value is -3.35. The number of phenols is 2. The van der Waals surface area contributed by atoms with E-state index in [2.05, 4.69) is 0 Å². The van der Waals surface area contributed by atoms with Gasteiger partial charge in [0.05, 0.1) is 13.7 Å². The standard InChI is InChI=1S/C22H22O11/c1-30-12-7-6-11(25)14-16(27)21(19(32-20(12)14)9-2-4-10(24)5-3-9)33-22-18(29)17(28)15(26)13(8-23)31-22/h2-7,13,15,17-18,22-26,28-29H,8H2,1H3. The van der Waals surface area contributed by atoms with Crippen molar-refractivity contribution < 1.29 is 49.3 Å². The molecule has 2 aromatic carbocycles. The molecule has 2 heterocycles. The number of phenolic OH excluding ortho intramolecular Hbond substituents is 2. The third kappa shape index (κ3) is 3.96. The van der Waals surface area contributed by atoms with E-state index in [1.54, 1.807) is 0 Å². The van der Waals surface area contributed by atoms with E-state index in [-0.39, 0.29) is 33.8 Å². The third-order valence-corrected chi connectivity index (χ3v) is 5.38. The summed E-state index contributed by atoms with van der Waals surface area (Å²) in [5.41, 5.74) is -0.629. The van der Waals surface area contributed by atoms with E-state index in [1.807, 2.05) is 0 Å². The van der Waals surface area contributed by atoms with Crippen LogP contribution in [0.4, 0.5) is 0 Å². The van der Waals surface area contributed by atoms with Gasteiger partial charge in [0.25, 0.3) is 0 Å². The lowest BCUT2D eigenvalue weighted by Crippen LogP contribution is -2.60. The summed E-state index contributed by atoms with van der Waals surface area (Å²) in [4.78, 5) is 13.4. The number of ether oxygens (including phenoxy) is 3. The van der Waals surface area contributed by atoms with Crippen molar-refractivity contribution in [2.75, 3.05) is 13.7 Å². The van der Waals surface area contributed by atoms with Crippen molar-refractivity contribution in [2.24, 2.45) is 0 Å². The molecule has 0 aliphatic carbocycles. The number of methoxy groups -OCH3 is 1. The summed E-state index contributed by atoms with van der Waals surface area (Å²) in [7, 11) is 1.35. The van der Waals surface area contributed by atoms with Crippen molar-refractivity contribution in [3.05, 3.63) is 46.6 Å². The van der Waals surface area contributed by atoms with E-state index in [0.29, 0.717) is 0 Å². The van der Waals surface area contributed by atoms with Crippen molar-refractivity contribution in [3.8, 4) is 34.3 Å². The molecule has 5 atom stereocenters. The van der Waals surface area contributed by atoms with Crippen LogP contribution in [0.1, 0.15) is 0 Å². The number of aromatic hydroxyl groups is 2. The first-order chi connectivity index (χ1) is 15.8. The van der Waals surface area contributed by atoms with Crippen molar-refractivity contribution >= 4 is 11.0 Å². The Morgan fingerprint density at radius 3 is 2.30 bits per heavy atom. The molecule has 11 nitrogen and oxygen atoms in total. The van der Waals surface area contributed by atoms with Crippen LogP contribution in [0.2, 0.25) is 0 Å². The Balaban J connectivity index is 1.91. The highest BCUT2D eigenvalue weighted by Gasteiger charge is 2.45. The van der Waals surface area contributed by atoms with Crippen LogP contribution >= 0.6 is 0 Å². The van der Waals surface area contributed by atoms with Gasteiger partial charge < -0.3 is 49.3 Å². The first-order valence-corrected chi connectivity index (χ1v) is 9.90. The average molecular weight is 462 g/mol. The second-order valence-electron chi connectivity index (χ2n) is 7.44. The number of aliphatic hydroxyl groups excluding tert-OH is 4. The first-order valence-electron chi connectivity index (χ1n) is 9.90. The Labute approximate surface area is 186 Å². The summed E-state index contributed by atoms with van der Waals surface area (Å²) in [5.74, 6) is -0.947. The molecule has 11 heteroatoms. The fourth-order valence-corrected chi connectivity index (χ4v) is 3.59. The van der Waals surface area contributed by atoms with Crippen molar-refractivity contribution in [3.63, 3.8) is 0 Å². The van der Waals surface area contributed by atoms with Gasteiger partial charge in [-0.2, -0.15) is 0 Å². The molecule has 4 rings (SSSR count). The van der Waals surface area contributed by atoms with E-state index < -0.39 is 54.2 Å². The molecule has 3 aromatic rings. The minimum Gasteiger partial charge on any atom is -0.508 e. The van der Waals surface area contributed by atoms with E-state index in [9.17, 15) is 35.4 Å². The van der Waals surface area contributed by atoms with Crippen molar-refractivity contribution in [2.45, 2.75) is 30.7 Å². The van der Waals surface area contributed by atoms with Crippen LogP contribution in [0.3, 0.4) is 0 Å². The highest BCUT2D eigenvalue weighted by Crippen LogP contribution is 2.39. The van der Waals surface area contributed by atoms with Gasteiger partial charge in [-0.15, -0.1) is 0 Å². The Kier molecular flexibility index (Phi) is 6.15. The van der Waals surface area contributed by atoms with Gasteiger partial charge in [0.1, 0.15) is 41.3 Å². The second kappa shape index (κ2) is 8.89. The summed E-state index contributed by atoms with van der Waals surface area (Å²) >= 11 is 0. The maximum Gasteiger partial charge on any atom is 0.239 e. The summed E-state index contributed by atoms with van der Waals surface area (Å²) in [6.07, 6.45) is -8.10. The molecule has 1 aromatic heterocycles. The molecular formula is C22H22O11. The molecule has 0 amide bonds. The Morgan fingerprint density at radius 2 is 1.67 bits per heavy atom. The molecule has 6 N–H and O–H groups in total. The zero-order valence-corrected chi connectivity index (χ0v) is 17.3. The van der Waals surface area contributed by atoms with Crippen molar-refractivity contribution in [1.29, 1.82) is 0 Å². The molecular weight excluding hydrogens is 440 g/mol. The summed E-state index contributed by atoms with van der Waals surface area (Å²) in [5, 5.41) is 59.5. The molecule has 176 valence electrons. The van der Waals surface area contributed by atoms with Crippen LogP contribution in [0, 0.1) is 0 Å². The van der Waals surface area contributed by atoms with Crippen LogP contribution in [-0.4, -0.2) is 75.1 Å². The van der Waals surface area contributed by atoms with Gasteiger partial charge in [-0.05, 0) is 36.4 Å². The topological polar surface area (TPSA) is 179 Å². The summed E-state index contributed by atoms with van der Waals surface area (Å²) < 4.78 is 22.1. The maximum atomic E-state index is 13.4. The van der Waals surface area contributed by atoms with Gasteiger partial charge in [0.15, 0.2) is 17.1 Å². The lowest BCUT2D eigenvalue weighted by Gasteiger charge is -2.39. The number of hydrogen-bond acceptors (Lipinski definition) is 11. The molecule has 1 saturated heterocycles. The predicted molar refractivity (Wildman–Crippen MR) is 112 cm³/mol. The molecule has 0 saturated carbocycles. The molecule has 33 heavy (non-hydrogen) atoms. The summed E-state index contributed by atoms with van der Waals surface area (Å²) in [6.45, 7) is -0.695. The smallest absolute Gasteiger partial charge is 0.239 e. The van der Waals surface area contributed by atoms with Gasteiger partial charge in [0, 0.05) is 5.56 Å². The highest BCUT2D eigenvalue weighted by molar-refractivity contribution is 5.91. The van der Waals surface area contributed by atoms with Gasteiger partial charge in [-0.1, -0.05) is 0 Å². The lowest BCUT2D eigenvalue weighted by atomic mass is 9.99. The first kappa shape index (κ1) is 22.8. The molecule has 1 aliphatic rings. The molecule has 0 bridgehead atoms. The average Bonchev–Trinajstić information content (AvgIpc) is 2.81. The quantitative estimate of drug-likeness (QED) is 0.302. The largest absolute Gasteiger partial charge is 0.508 e. The van der Waals surface area contributed by atoms with Gasteiger partial charge in [0.2, 0.25) is 17.5 Å². The van der Waals surface area contributed by atoms with Gasteiger partial charge in [-0.3, -0.25) is 4.79 Å². The van der Waals surface area contributed by atoms with E-state index >= 15 is 0 Å². The van der Waals surface area contributed by atoms with Crippen LogP contribution in [-0.2, 0) is 4.74 Å². The zero-order valence-electron chi connectivity index (χ0n) is 17.3. The van der Waals surface area contributed by atoms with Crippen molar-refractivity contribution in [1.82, 2.24) is 0 Å². The predicted octanol–water partition coefficient (Wildman–Crippen LogP) is 0.0585. The van der Waals surface area contributed by atoms with Crippen LogP contribution in [0.5, 0.6) is 23.0 Å². The van der Waals surface area contributed by atoms with Gasteiger partial charge >= 0.3 is 0 Å². The van der Waals surface area contributed by atoms with Crippen LogP contribution < -0.4 is 14.9 Å². The van der Waals surface area contributed by atoms with E-state index in [1.165, 1.54) is 43.5 Å². The molecule has 1 fully saturated rings. The summed E-state index contributed by atoms with van der Waals surface area (Å²) in [6, 6.07) is 8.20. The fraction of sp³-hybridized carbons (Fsp3) is 0.318. The van der Waals surface area contributed by atoms with Crippen LogP contribution in [0.25, 0.3) is 22.3 Å². The number of hydrogen-bond donors (Lipinski definition) is 6. The molecule has 0 radical (unpaired) electrons. The minimum atomic E-state index is -1.79. The maximum absolute atomic E-state index is 13.4. The monoisotopic (exact) mass is 462 g/mol. The van der Waals surface area contributed by atoms with E-state index in [4.69, 9.17) is 18.6 Å². The highest BCUT2D eigenvalue weighted by atomic mass is 16.7. The normalized spacial score (nSPS) is 25.2. The third-order valence-electron chi connectivity index (χ3n) is 5.38. The lowest BCUT2D eigenvalue weighted by molar-refractivity contribution is -0.277. The second-order valence-corrected chi connectivity index (χ2v) is 7.44. The number of rotatable bonds is 5.